The summed E-state index contributed by atoms with van der Waals surface area (Å²) in [6.45, 7) is 11.7. The Hall–Kier alpha value is -0.570. The first-order valence-corrected chi connectivity index (χ1v) is 10.1. The molecule has 0 amide bonds. The van der Waals surface area contributed by atoms with Gasteiger partial charge in [-0.2, -0.15) is 0 Å². The largest absolute Gasteiger partial charge is 0.466 e. The first-order chi connectivity index (χ1) is 11.1. The van der Waals surface area contributed by atoms with Gasteiger partial charge in [-0.15, -0.1) is 0 Å². The van der Waals surface area contributed by atoms with Gasteiger partial charge in [0.1, 0.15) is 0 Å². The van der Waals surface area contributed by atoms with Crippen molar-refractivity contribution in [3.8, 4) is 0 Å². The molecule has 24 heavy (non-hydrogen) atoms. The van der Waals surface area contributed by atoms with Crippen LogP contribution in [0.5, 0.6) is 0 Å². The molecule has 0 saturated heterocycles. The highest BCUT2D eigenvalue weighted by molar-refractivity contribution is 9.09. The summed E-state index contributed by atoms with van der Waals surface area (Å²) in [7, 11) is 1.44. The molecule has 3 heteroatoms. The van der Waals surface area contributed by atoms with E-state index >= 15 is 0 Å². The number of alkyl halides is 1. The predicted octanol–water partition coefficient (Wildman–Crippen LogP) is 6.20. The average Bonchev–Trinajstić information content (AvgIpc) is 2.50. The Balaban J connectivity index is 2.22. The number of carbonyl (C=O) groups is 1. The van der Waals surface area contributed by atoms with Crippen LogP contribution < -0.4 is 0 Å². The minimum absolute atomic E-state index is 0.244. The normalized spacial score (nSPS) is 33.2. The number of methoxy groups -OCH3 is 1. The third-order valence-corrected chi connectivity index (χ3v) is 8.38. The van der Waals surface area contributed by atoms with Crippen molar-refractivity contribution in [3.63, 3.8) is 0 Å². The van der Waals surface area contributed by atoms with Crippen molar-refractivity contribution in [2.24, 2.45) is 16.7 Å². The third-order valence-electron chi connectivity index (χ3n) is 6.74. The summed E-state index contributed by atoms with van der Waals surface area (Å²) in [5, 5.41) is 0. The Labute approximate surface area is 156 Å². The first kappa shape index (κ1) is 19.8. The molecule has 0 aromatic carbocycles. The maximum absolute atomic E-state index is 11.4. The molecule has 136 valence electrons. The van der Waals surface area contributed by atoms with Crippen LogP contribution in [0.2, 0.25) is 0 Å². The van der Waals surface area contributed by atoms with Crippen LogP contribution in [0.1, 0.15) is 73.1 Å². The Morgan fingerprint density at radius 2 is 2.00 bits per heavy atom. The molecule has 0 unspecified atom stereocenters. The lowest BCUT2D eigenvalue weighted by Gasteiger charge is -2.57. The molecule has 2 rings (SSSR count). The van der Waals surface area contributed by atoms with E-state index in [1.807, 2.05) is 6.92 Å². The van der Waals surface area contributed by atoms with Gasteiger partial charge in [-0.3, -0.25) is 0 Å². The van der Waals surface area contributed by atoms with Gasteiger partial charge in [0.25, 0.3) is 0 Å². The molecule has 2 aliphatic rings. The van der Waals surface area contributed by atoms with E-state index in [1.54, 1.807) is 17.2 Å². The molecule has 3 atom stereocenters. The van der Waals surface area contributed by atoms with Crippen LogP contribution >= 0.6 is 15.9 Å². The molecule has 0 bridgehead atoms. The predicted molar refractivity (Wildman–Crippen MR) is 104 cm³/mol. The molecule has 0 spiro atoms. The standard InChI is InChI=1S/C21H33BrO2/c1-14(13-19(23)24-6)7-9-16-15(2)8-10-17-20(3,4)18(22)11-12-21(16,17)5/h13,17-18H,7-12H2,1-6H3/b14-13+/t17-,18-,21+/m1/s1. The van der Waals surface area contributed by atoms with Crippen LogP contribution in [-0.4, -0.2) is 17.9 Å². The molecular formula is C21H33BrO2. The van der Waals surface area contributed by atoms with Gasteiger partial charge >= 0.3 is 5.97 Å². The number of allylic oxidation sites excluding steroid dienone is 3. The fraction of sp³-hybridized carbons (Fsp3) is 0.762. The Kier molecular flexibility index (Phi) is 6.05. The van der Waals surface area contributed by atoms with Crippen LogP contribution in [-0.2, 0) is 9.53 Å². The number of esters is 1. The summed E-state index contributed by atoms with van der Waals surface area (Å²) >= 11 is 3.95. The van der Waals surface area contributed by atoms with E-state index in [0.29, 0.717) is 15.7 Å². The van der Waals surface area contributed by atoms with E-state index in [4.69, 9.17) is 4.74 Å². The van der Waals surface area contributed by atoms with E-state index < -0.39 is 0 Å². The van der Waals surface area contributed by atoms with Gasteiger partial charge < -0.3 is 4.74 Å². The number of carbonyl (C=O) groups excluding carboxylic acids is 1. The fourth-order valence-corrected chi connectivity index (χ4v) is 5.76. The quantitative estimate of drug-likeness (QED) is 0.244. The Bertz CT molecular complexity index is 558. The van der Waals surface area contributed by atoms with Gasteiger partial charge in [0.2, 0.25) is 0 Å². The molecule has 0 aromatic rings. The molecular weight excluding hydrogens is 364 g/mol. The molecule has 1 saturated carbocycles. The van der Waals surface area contributed by atoms with Gasteiger partial charge in [-0.1, -0.05) is 53.4 Å². The highest BCUT2D eigenvalue weighted by Crippen LogP contribution is 2.61. The minimum atomic E-state index is -0.244. The second kappa shape index (κ2) is 7.35. The van der Waals surface area contributed by atoms with Crippen LogP contribution in [0.25, 0.3) is 0 Å². The first-order valence-electron chi connectivity index (χ1n) is 9.21. The van der Waals surface area contributed by atoms with E-state index in [1.165, 1.54) is 32.8 Å². The maximum atomic E-state index is 11.4. The van der Waals surface area contributed by atoms with Gasteiger partial charge in [0.15, 0.2) is 0 Å². The highest BCUT2D eigenvalue weighted by Gasteiger charge is 2.53. The van der Waals surface area contributed by atoms with Crippen LogP contribution in [0.3, 0.4) is 0 Å². The fourth-order valence-electron chi connectivity index (χ4n) is 5.22. The van der Waals surface area contributed by atoms with Gasteiger partial charge in [0.05, 0.1) is 7.11 Å². The monoisotopic (exact) mass is 396 g/mol. The van der Waals surface area contributed by atoms with Gasteiger partial charge in [-0.05, 0) is 69.1 Å². The molecule has 0 aromatic heterocycles. The second-order valence-corrected chi connectivity index (χ2v) is 9.71. The Morgan fingerprint density at radius 3 is 2.62 bits per heavy atom. The number of rotatable bonds is 4. The highest BCUT2D eigenvalue weighted by atomic mass is 79.9. The summed E-state index contributed by atoms with van der Waals surface area (Å²) in [6.07, 6.45) is 8.69. The number of halogens is 1. The molecule has 2 aliphatic carbocycles. The number of fused-ring (bicyclic) bond motifs is 1. The summed E-state index contributed by atoms with van der Waals surface area (Å²) in [5.74, 6) is 0.485. The van der Waals surface area contributed by atoms with Crippen molar-refractivity contribution < 1.29 is 9.53 Å². The van der Waals surface area contributed by atoms with Gasteiger partial charge in [0, 0.05) is 10.9 Å². The minimum Gasteiger partial charge on any atom is -0.466 e. The number of hydrogen-bond acceptors (Lipinski definition) is 2. The summed E-state index contributed by atoms with van der Waals surface area (Å²) in [4.78, 5) is 12.0. The maximum Gasteiger partial charge on any atom is 0.330 e. The average molecular weight is 397 g/mol. The van der Waals surface area contributed by atoms with Crippen LogP contribution in [0.15, 0.2) is 22.8 Å². The van der Waals surface area contributed by atoms with Crippen molar-refractivity contribution in [3.05, 3.63) is 22.8 Å². The SMILES string of the molecule is COC(=O)/C=C(\C)CCC1=C(C)CC[C@@H]2C(C)(C)[C@H](Br)CC[C@@]12C. The molecule has 2 nitrogen and oxygen atoms in total. The lowest BCUT2D eigenvalue weighted by Crippen LogP contribution is -2.50. The smallest absolute Gasteiger partial charge is 0.330 e. The summed E-state index contributed by atoms with van der Waals surface area (Å²) in [6, 6.07) is 0. The van der Waals surface area contributed by atoms with Crippen molar-refractivity contribution >= 4 is 21.9 Å². The zero-order valence-corrected chi connectivity index (χ0v) is 17.8. The zero-order chi connectivity index (χ0) is 18.1. The topological polar surface area (TPSA) is 26.3 Å². The Morgan fingerprint density at radius 1 is 1.33 bits per heavy atom. The van der Waals surface area contributed by atoms with Crippen molar-refractivity contribution in [1.29, 1.82) is 0 Å². The molecule has 0 heterocycles. The van der Waals surface area contributed by atoms with E-state index in [-0.39, 0.29) is 5.97 Å². The van der Waals surface area contributed by atoms with Gasteiger partial charge in [-0.25, -0.2) is 4.79 Å². The van der Waals surface area contributed by atoms with Crippen molar-refractivity contribution in [2.45, 2.75) is 78.0 Å². The van der Waals surface area contributed by atoms with E-state index in [9.17, 15) is 4.79 Å². The van der Waals surface area contributed by atoms with E-state index in [0.717, 1.165) is 24.3 Å². The van der Waals surface area contributed by atoms with Crippen molar-refractivity contribution in [1.82, 2.24) is 0 Å². The molecule has 0 radical (unpaired) electrons. The molecule has 0 aliphatic heterocycles. The number of hydrogen-bond donors (Lipinski definition) is 0. The van der Waals surface area contributed by atoms with E-state index in [2.05, 4.69) is 43.6 Å². The molecule has 0 N–H and O–H groups in total. The lowest BCUT2D eigenvalue weighted by molar-refractivity contribution is -0.134. The summed E-state index contributed by atoms with van der Waals surface area (Å²) < 4.78 is 4.75. The summed E-state index contributed by atoms with van der Waals surface area (Å²) in [5.41, 5.74) is 4.99. The zero-order valence-electron chi connectivity index (χ0n) is 16.2. The van der Waals surface area contributed by atoms with Crippen LogP contribution in [0.4, 0.5) is 0 Å². The lowest BCUT2D eigenvalue weighted by atomic mass is 9.50. The second-order valence-electron chi connectivity index (χ2n) is 8.61. The number of ether oxygens (including phenoxy) is 1. The van der Waals surface area contributed by atoms with Crippen LogP contribution in [0, 0.1) is 16.7 Å². The molecule has 1 fully saturated rings. The van der Waals surface area contributed by atoms with Crippen molar-refractivity contribution in [2.75, 3.05) is 7.11 Å². The third kappa shape index (κ3) is 3.66.